The Bertz CT molecular complexity index is 418. The predicted octanol–water partition coefficient (Wildman–Crippen LogP) is -1.71. The van der Waals surface area contributed by atoms with Gasteiger partial charge in [0.1, 0.15) is 17.7 Å². The number of carbonyl (C=O) groups excluding carboxylic acids is 1. The van der Waals surface area contributed by atoms with Gasteiger partial charge in [-0.25, -0.2) is 0 Å². The Morgan fingerprint density at radius 2 is 2.32 bits per heavy atom. The zero-order chi connectivity index (χ0) is 13.4. The van der Waals surface area contributed by atoms with Crippen molar-refractivity contribution in [2.24, 2.45) is 5.73 Å². The molecule has 0 aromatic carbocycles. The van der Waals surface area contributed by atoms with Crippen LogP contribution in [0.3, 0.4) is 0 Å². The molecule has 0 bridgehead atoms. The number of hydrogen-bond donors (Lipinski definition) is 4. The maximum Gasteiger partial charge on any atom is 0.273 e. The van der Waals surface area contributed by atoms with Crippen LogP contribution in [0.1, 0.15) is 12.8 Å². The summed E-state index contributed by atoms with van der Waals surface area (Å²) in [4.78, 5) is 13.8. The third-order valence-electron chi connectivity index (χ3n) is 3.47. The Balaban J connectivity index is 1.71. The zero-order valence-corrected chi connectivity index (χ0v) is 11.5. The van der Waals surface area contributed by atoms with Gasteiger partial charge >= 0.3 is 0 Å². The lowest BCUT2D eigenvalue weighted by Gasteiger charge is -2.31. The van der Waals surface area contributed by atoms with Crippen LogP contribution in [0.2, 0.25) is 0 Å². The summed E-state index contributed by atoms with van der Waals surface area (Å²) in [7, 11) is 2.23. The summed E-state index contributed by atoms with van der Waals surface area (Å²) in [5, 5.41) is 8.73. The summed E-state index contributed by atoms with van der Waals surface area (Å²) >= 11 is 0. The first-order chi connectivity index (χ1) is 9.19. The number of nitrogens with two attached hydrogens (primary N) is 1. The second kappa shape index (κ2) is 5.13. The largest absolute Gasteiger partial charge is 0.363 e. The summed E-state index contributed by atoms with van der Waals surface area (Å²) in [5.74, 6) is 0.528. The first-order valence-electron chi connectivity index (χ1n) is 6.24. The summed E-state index contributed by atoms with van der Waals surface area (Å²) in [6.07, 6.45) is 1.31. The van der Waals surface area contributed by atoms with Gasteiger partial charge in [-0.2, -0.15) is 0 Å². The Morgan fingerprint density at radius 3 is 3.11 bits per heavy atom. The van der Waals surface area contributed by atoms with E-state index < -0.39 is 6.29 Å². The molecule has 3 rings (SSSR count). The number of hydrogen-bond acceptors (Lipinski definition) is 7. The minimum absolute atomic E-state index is 0.0595. The highest BCUT2D eigenvalue weighted by molar-refractivity contribution is 7.09. The van der Waals surface area contributed by atoms with Gasteiger partial charge in [0.25, 0.3) is 5.91 Å². The highest BCUT2D eigenvalue weighted by atomic mass is 31.0. The van der Waals surface area contributed by atoms with Gasteiger partial charge in [0.05, 0.1) is 19.4 Å². The maximum atomic E-state index is 11.8. The number of carbonyl (C=O) groups is 1. The van der Waals surface area contributed by atoms with Crippen LogP contribution in [0.15, 0.2) is 11.5 Å². The Morgan fingerprint density at radius 1 is 1.47 bits per heavy atom. The van der Waals surface area contributed by atoms with Crippen LogP contribution in [-0.4, -0.2) is 42.7 Å². The fourth-order valence-corrected chi connectivity index (χ4v) is 2.82. The number of rotatable bonds is 3. The number of nitrogens with zero attached hydrogens (tertiary/aromatic N) is 1. The van der Waals surface area contributed by atoms with E-state index in [9.17, 15) is 4.79 Å². The lowest BCUT2D eigenvalue weighted by Crippen LogP contribution is -2.57. The molecule has 5 N–H and O–H groups in total. The van der Waals surface area contributed by atoms with Gasteiger partial charge in [0, 0.05) is 9.47 Å². The first kappa shape index (κ1) is 12.9. The van der Waals surface area contributed by atoms with Gasteiger partial charge in [-0.3, -0.25) is 10.5 Å². The number of amides is 1. The minimum atomic E-state index is -0.568. The van der Waals surface area contributed by atoms with E-state index in [0.717, 1.165) is 12.8 Å². The summed E-state index contributed by atoms with van der Waals surface area (Å²) in [6.45, 7) is 1.10. The average molecular weight is 287 g/mol. The molecular weight excluding hydrogens is 269 g/mol. The standard InChI is InChI=1S/C10H18N5O3P/c11-10-13-8-7(9(16)14-10)12-4-15(8)6-2-1-5(18-6)3-17-19/h5-6,10,12-13H,1-4,11,19H2,(H,14,16). The van der Waals surface area contributed by atoms with Crippen LogP contribution in [0.25, 0.3) is 0 Å². The normalized spacial score (nSPS) is 33.9. The molecule has 4 unspecified atom stereocenters. The lowest BCUT2D eigenvalue weighted by atomic mass is 10.2. The van der Waals surface area contributed by atoms with Crippen molar-refractivity contribution >= 4 is 15.4 Å². The van der Waals surface area contributed by atoms with E-state index in [1.165, 1.54) is 0 Å². The minimum Gasteiger partial charge on any atom is -0.363 e. The zero-order valence-electron chi connectivity index (χ0n) is 10.4. The molecule has 3 heterocycles. The van der Waals surface area contributed by atoms with Gasteiger partial charge in [0.2, 0.25) is 0 Å². The van der Waals surface area contributed by atoms with Gasteiger partial charge in [0.15, 0.2) is 6.29 Å². The van der Waals surface area contributed by atoms with Crippen molar-refractivity contribution in [1.29, 1.82) is 0 Å². The topological polar surface area (TPSA) is 101 Å². The van der Waals surface area contributed by atoms with Gasteiger partial charge in [-0.1, -0.05) is 0 Å². The van der Waals surface area contributed by atoms with Crippen molar-refractivity contribution < 1.29 is 14.1 Å². The summed E-state index contributed by atoms with van der Waals surface area (Å²) < 4.78 is 10.9. The smallest absolute Gasteiger partial charge is 0.273 e. The Labute approximate surface area is 113 Å². The molecule has 1 amide bonds. The van der Waals surface area contributed by atoms with Gasteiger partial charge in [-0.05, 0) is 12.8 Å². The molecule has 106 valence electrons. The third kappa shape index (κ3) is 2.36. The second-order valence-corrected chi connectivity index (χ2v) is 5.08. The van der Waals surface area contributed by atoms with Gasteiger partial charge < -0.3 is 30.1 Å². The van der Waals surface area contributed by atoms with E-state index in [1.54, 1.807) is 0 Å². The van der Waals surface area contributed by atoms with Crippen molar-refractivity contribution in [2.75, 3.05) is 13.3 Å². The third-order valence-corrected chi connectivity index (χ3v) is 3.66. The fourth-order valence-electron chi connectivity index (χ4n) is 2.60. The number of nitrogens with one attached hydrogen (secondary N) is 3. The average Bonchev–Trinajstić information content (AvgIpc) is 2.95. The molecule has 8 nitrogen and oxygen atoms in total. The molecule has 3 aliphatic rings. The second-order valence-electron chi connectivity index (χ2n) is 4.75. The predicted molar refractivity (Wildman–Crippen MR) is 69.7 cm³/mol. The number of ether oxygens (including phenoxy) is 1. The van der Waals surface area contributed by atoms with E-state index in [4.69, 9.17) is 15.0 Å². The van der Waals surface area contributed by atoms with Crippen molar-refractivity contribution in [3.05, 3.63) is 11.5 Å². The monoisotopic (exact) mass is 287 g/mol. The van der Waals surface area contributed by atoms with Crippen LogP contribution in [0, 0.1) is 0 Å². The highest BCUT2D eigenvalue weighted by Gasteiger charge is 2.39. The molecule has 0 radical (unpaired) electrons. The molecule has 4 atom stereocenters. The van der Waals surface area contributed by atoms with Crippen molar-refractivity contribution in [3.63, 3.8) is 0 Å². The quantitative estimate of drug-likeness (QED) is 0.459. The molecule has 0 spiro atoms. The van der Waals surface area contributed by atoms with E-state index in [2.05, 4.69) is 25.4 Å². The SMILES string of the molecule is NC1NC(=O)C2=C(N1)N(C1CCC(COP)O1)CN2. The van der Waals surface area contributed by atoms with Crippen molar-refractivity contribution in [2.45, 2.75) is 31.5 Å². The maximum absolute atomic E-state index is 11.8. The Hall–Kier alpha value is -1.08. The molecule has 19 heavy (non-hydrogen) atoms. The van der Waals surface area contributed by atoms with Crippen molar-refractivity contribution in [1.82, 2.24) is 20.9 Å². The summed E-state index contributed by atoms with van der Waals surface area (Å²) in [6, 6.07) is 0. The molecule has 1 saturated heterocycles. The highest BCUT2D eigenvalue weighted by Crippen LogP contribution is 2.28. The van der Waals surface area contributed by atoms with Crippen LogP contribution >= 0.6 is 9.47 Å². The van der Waals surface area contributed by atoms with E-state index >= 15 is 0 Å². The van der Waals surface area contributed by atoms with E-state index in [-0.39, 0.29) is 18.2 Å². The van der Waals surface area contributed by atoms with Crippen LogP contribution in [-0.2, 0) is 14.1 Å². The lowest BCUT2D eigenvalue weighted by molar-refractivity contribution is -0.119. The molecule has 3 aliphatic heterocycles. The van der Waals surface area contributed by atoms with Crippen molar-refractivity contribution in [3.8, 4) is 0 Å². The van der Waals surface area contributed by atoms with Crippen LogP contribution < -0.4 is 21.7 Å². The first-order valence-corrected chi connectivity index (χ1v) is 6.71. The molecule has 9 heteroatoms. The summed E-state index contributed by atoms with van der Waals surface area (Å²) in [5.41, 5.74) is 6.25. The fraction of sp³-hybridized carbons (Fsp3) is 0.700. The molecule has 1 fully saturated rings. The molecule has 0 aliphatic carbocycles. The molecule has 0 aromatic heterocycles. The van der Waals surface area contributed by atoms with Gasteiger partial charge in [-0.15, -0.1) is 0 Å². The van der Waals surface area contributed by atoms with Crippen LogP contribution in [0.4, 0.5) is 0 Å². The Kier molecular flexibility index (Phi) is 3.49. The van der Waals surface area contributed by atoms with E-state index in [1.807, 2.05) is 4.90 Å². The van der Waals surface area contributed by atoms with E-state index in [0.29, 0.717) is 24.8 Å². The molecule has 0 saturated carbocycles. The molecule has 0 aromatic rings. The van der Waals surface area contributed by atoms with Crippen LogP contribution in [0.5, 0.6) is 0 Å². The molecular formula is C10H18N5O3P.